The molecule has 0 saturated heterocycles. The van der Waals surface area contributed by atoms with Gasteiger partial charge in [0, 0.05) is 14.1 Å². The Morgan fingerprint density at radius 2 is 1.76 bits per heavy atom. The predicted octanol–water partition coefficient (Wildman–Crippen LogP) is 2.45. The van der Waals surface area contributed by atoms with Gasteiger partial charge in [0.25, 0.3) is 0 Å². The van der Waals surface area contributed by atoms with E-state index in [4.69, 9.17) is 9.47 Å². The number of carbonyl (C=O) groups is 1. The van der Waals surface area contributed by atoms with Gasteiger partial charge in [-0.15, -0.1) is 0 Å². The first-order valence-electron chi connectivity index (χ1n) is 7.70. The molecule has 0 aliphatic heterocycles. The van der Waals surface area contributed by atoms with Crippen LogP contribution in [0.2, 0.25) is 0 Å². The number of ether oxygens (including phenoxy) is 2. The number of esters is 1. The zero-order chi connectivity index (χ0) is 18.4. The molecule has 0 heterocycles. The lowest BCUT2D eigenvalue weighted by molar-refractivity contribution is -0.152. The van der Waals surface area contributed by atoms with E-state index in [9.17, 15) is 13.2 Å². The molecule has 2 aromatic carbocycles. The summed E-state index contributed by atoms with van der Waals surface area (Å²) in [6.45, 7) is 1.57. The first kappa shape index (κ1) is 19.0. The Bertz CT molecular complexity index is 818. The van der Waals surface area contributed by atoms with E-state index in [-0.39, 0.29) is 11.5 Å². The van der Waals surface area contributed by atoms with E-state index in [1.54, 1.807) is 31.2 Å². The summed E-state index contributed by atoms with van der Waals surface area (Å²) in [5.41, 5.74) is 0.586. The highest BCUT2D eigenvalue weighted by atomic mass is 32.2. The number of hydrogen-bond acceptors (Lipinski definition) is 5. The SMILES string of the molecule is C[C@@H](Oc1ccccc1)C(=O)OCc1cccc(S(=O)(=O)N(C)C)c1. The van der Waals surface area contributed by atoms with Crippen LogP contribution in [0.4, 0.5) is 0 Å². The molecule has 2 rings (SSSR count). The van der Waals surface area contributed by atoms with E-state index in [1.807, 2.05) is 18.2 Å². The van der Waals surface area contributed by atoms with E-state index in [1.165, 1.54) is 26.2 Å². The number of benzene rings is 2. The van der Waals surface area contributed by atoms with Crippen LogP contribution >= 0.6 is 0 Å². The van der Waals surface area contributed by atoms with Crippen molar-refractivity contribution < 1.29 is 22.7 Å². The van der Waals surface area contributed by atoms with Gasteiger partial charge in [0.2, 0.25) is 10.0 Å². The summed E-state index contributed by atoms with van der Waals surface area (Å²) in [6, 6.07) is 15.3. The molecular weight excluding hydrogens is 342 g/mol. The third kappa shape index (κ3) is 5.04. The second-order valence-corrected chi connectivity index (χ2v) is 7.77. The molecule has 2 aromatic rings. The maximum Gasteiger partial charge on any atom is 0.347 e. The third-order valence-electron chi connectivity index (χ3n) is 3.45. The summed E-state index contributed by atoms with van der Waals surface area (Å²) in [6.07, 6.45) is -0.768. The monoisotopic (exact) mass is 363 g/mol. The Labute approximate surface area is 148 Å². The van der Waals surface area contributed by atoms with Crippen LogP contribution in [0.1, 0.15) is 12.5 Å². The molecule has 0 saturated carbocycles. The zero-order valence-corrected chi connectivity index (χ0v) is 15.2. The van der Waals surface area contributed by atoms with Crippen LogP contribution in [0.25, 0.3) is 0 Å². The van der Waals surface area contributed by atoms with Gasteiger partial charge in [0.05, 0.1) is 4.90 Å². The summed E-state index contributed by atoms with van der Waals surface area (Å²) in [5, 5.41) is 0. The van der Waals surface area contributed by atoms with Gasteiger partial charge >= 0.3 is 5.97 Å². The van der Waals surface area contributed by atoms with Gasteiger partial charge in [-0.3, -0.25) is 0 Å². The summed E-state index contributed by atoms with van der Waals surface area (Å²) >= 11 is 0. The minimum atomic E-state index is -3.53. The number of nitrogens with zero attached hydrogens (tertiary/aromatic N) is 1. The van der Waals surface area contributed by atoms with E-state index >= 15 is 0 Å². The molecule has 0 N–H and O–H groups in total. The molecule has 0 bridgehead atoms. The number of rotatable bonds is 7. The van der Waals surface area contributed by atoms with Crippen molar-refractivity contribution in [1.82, 2.24) is 4.31 Å². The highest BCUT2D eigenvalue weighted by Crippen LogP contribution is 2.16. The Morgan fingerprint density at radius 1 is 1.08 bits per heavy atom. The fourth-order valence-corrected chi connectivity index (χ4v) is 3.00. The number of para-hydroxylation sites is 1. The molecule has 7 heteroatoms. The fourth-order valence-electron chi connectivity index (χ4n) is 2.03. The Balaban J connectivity index is 1.98. The van der Waals surface area contributed by atoms with E-state index in [2.05, 4.69) is 0 Å². The lowest BCUT2D eigenvalue weighted by Gasteiger charge is -2.15. The molecule has 0 radical (unpaired) electrons. The quantitative estimate of drug-likeness (QED) is 0.707. The average molecular weight is 363 g/mol. The third-order valence-corrected chi connectivity index (χ3v) is 5.26. The van der Waals surface area contributed by atoms with Crippen molar-refractivity contribution in [3.8, 4) is 5.75 Å². The van der Waals surface area contributed by atoms with Crippen molar-refractivity contribution in [2.45, 2.75) is 24.5 Å². The molecule has 0 amide bonds. The lowest BCUT2D eigenvalue weighted by atomic mass is 10.2. The molecule has 0 spiro atoms. The highest BCUT2D eigenvalue weighted by Gasteiger charge is 2.19. The molecule has 0 fully saturated rings. The van der Waals surface area contributed by atoms with Crippen molar-refractivity contribution in [2.24, 2.45) is 0 Å². The molecule has 1 atom stereocenters. The van der Waals surface area contributed by atoms with Crippen LogP contribution in [-0.2, 0) is 26.2 Å². The average Bonchev–Trinajstić information content (AvgIpc) is 2.60. The zero-order valence-electron chi connectivity index (χ0n) is 14.4. The van der Waals surface area contributed by atoms with E-state index in [0.29, 0.717) is 11.3 Å². The molecular formula is C18H21NO5S. The van der Waals surface area contributed by atoms with Gasteiger partial charge in [-0.1, -0.05) is 30.3 Å². The summed E-state index contributed by atoms with van der Waals surface area (Å²) in [7, 11) is -0.601. The van der Waals surface area contributed by atoms with E-state index in [0.717, 1.165) is 4.31 Å². The molecule has 0 unspecified atom stereocenters. The summed E-state index contributed by atoms with van der Waals surface area (Å²) in [4.78, 5) is 12.2. The van der Waals surface area contributed by atoms with Crippen LogP contribution in [0.15, 0.2) is 59.5 Å². The van der Waals surface area contributed by atoms with Crippen molar-refractivity contribution in [3.05, 3.63) is 60.2 Å². The highest BCUT2D eigenvalue weighted by molar-refractivity contribution is 7.89. The van der Waals surface area contributed by atoms with Gasteiger partial charge < -0.3 is 9.47 Å². The summed E-state index contributed by atoms with van der Waals surface area (Å²) < 4.78 is 36.1. The first-order chi connectivity index (χ1) is 11.8. The van der Waals surface area contributed by atoms with Crippen LogP contribution in [-0.4, -0.2) is 38.9 Å². The fraction of sp³-hybridized carbons (Fsp3) is 0.278. The number of carbonyl (C=O) groups excluding carboxylic acids is 1. The van der Waals surface area contributed by atoms with Crippen LogP contribution in [0.5, 0.6) is 5.75 Å². The van der Waals surface area contributed by atoms with Crippen molar-refractivity contribution >= 4 is 16.0 Å². The second kappa shape index (κ2) is 8.13. The Kier molecular flexibility index (Phi) is 6.17. The maximum absolute atomic E-state index is 12.1. The number of sulfonamides is 1. The standard InChI is InChI=1S/C18H21NO5S/c1-14(24-16-9-5-4-6-10-16)18(20)23-13-15-8-7-11-17(12-15)25(21,22)19(2)3/h4-12,14H,13H2,1-3H3/t14-/m1/s1. The minimum Gasteiger partial charge on any atom is -0.479 e. The van der Waals surface area contributed by atoms with Gasteiger partial charge in [-0.05, 0) is 36.8 Å². The largest absolute Gasteiger partial charge is 0.479 e. The Hall–Kier alpha value is -2.38. The normalized spacial score (nSPS) is 12.6. The molecule has 0 aromatic heterocycles. The van der Waals surface area contributed by atoms with Gasteiger partial charge in [0.1, 0.15) is 12.4 Å². The molecule has 0 aliphatic carbocycles. The smallest absolute Gasteiger partial charge is 0.347 e. The van der Waals surface area contributed by atoms with Crippen LogP contribution < -0.4 is 4.74 Å². The first-order valence-corrected chi connectivity index (χ1v) is 9.14. The second-order valence-electron chi connectivity index (χ2n) is 5.62. The lowest BCUT2D eigenvalue weighted by Crippen LogP contribution is -2.26. The summed E-state index contributed by atoms with van der Waals surface area (Å²) in [5.74, 6) is 0.0516. The topological polar surface area (TPSA) is 72.9 Å². The maximum atomic E-state index is 12.1. The molecule has 25 heavy (non-hydrogen) atoms. The van der Waals surface area contributed by atoms with Crippen molar-refractivity contribution in [3.63, 3.8) is 0 Å². The molecule has 6 nitrogen and oxygen atoms in total. The van der Waals surface area contributed by atoms with Gasteiger partial charge in [-0.2, -0.15) is 0 Å². The van der Waals surface area contributed by atoms with Crippen molar-refractivity contribution in [2.75, 3.05) is 14.1 Å². The molecule has 0 aliphatic rings. The Morgan fingerprint density at radius 3 is 2.40 bits per heavy atom. The van der Waals surface area contributed by atoms with E-state index < -0.39 is 22.1 Å². The number of hydrogen-bond donors (Lipinski definition) is 0. The van der Waals surface area contributed by atoms with Gasteiger partial charge in [-0.25, -0.2) is 17.5 Å². The van der Waals surface area contributed by atoms with Crippen LogP contribution in [0.3, 0.4) is 0 Å². The van der Waals surface area contributed by atoms with Gasteiger partial charge in [0.15, 0.2) is 6.10 Å². The molecule has 134 valence electrons. The minimum absolute atomic E-state index is 0.0297. The predicted molar refractivity (Wildman–Crippen MR) is 93.6 cm³/mol. The van der Waals surface area contributed by atoms with Crippen molar-refractivity contribution in [1.29, 1.82) is 0 Å². The van der Waals surface area contributed by atoms with Crippen LogP contribution in [0, 0.1) is 0 Å².